The van der Waals surface area contributed by atoms with E-state index < -0.39 is 0 Å². The maximum Gasteiger partial charge on any atom is 0.116 e. The van der Waals surface area contributed by atoms with Gasteiger partial charge in [0.2, 0.25) is 0 Å². The van der Waals surface area contributed by atoms with Crippen LogP contribution in [0.2, 0.25) is 0 Å². The Hall–Kier alpha value is -0.130. The van der Waals surface area contributed by atoms with Crippen LogP contribution in [0.4, 0.5) is 5.69 Å². The maximum absolute atomic E-state index is 5.60. The number of rotatable bonds is 1. The van der Waals surface area contributed by atoms with Gasteiger partial charge < -0.3 is 11.5 Å². The molecule has 0 saturated heterocycles. The van der Waals surface area contributed by atoms with Gasteiger partial charge in [0.1, 0.15) is 4.99 Å². The lowest BCUT2D eigenvalue weighted by Crippen LogP contribution is -2.09. The van der Waals surface area contributed by atoms with Crippen molar-refractivity contribution in [3.8, 4) is 0 Å². The van der Waals surface area contributed by atoms with Gasteiger partial charge in [0, 0.05) is 5.38 Å². The van der Waals surface area contributed by atoms with E-state index in [2.05, 4.69) is 15.9 Å². The predicted molar refractivity (Wildman–Crippen MR) is 52.3 cm³/mol. The third-order valence-electron chi connectivity index (χ3n) is 1.01. The first-order chi connectivity index (χ1) is 4.63. The highest BCUT2D eigenvalue weighted by Gasteiger charge is 2.07. The molecular weight excluding hydrogens is 232 g/mol. The number of nitrogens with two attached hydrogens (primary N) is 2. The average Bonchev–Trinajstić information content (AvgIpc) is 2.14. The number of thiocarbonyl (C=S) groups is 1. The molecule has 0 radical (unpaired) electrons. The molecule has 0 aromatic carbocycles. The van der Waals surface area contributed by atoms with Crippen LogP contribution < -0.4 is 11.5 Å². The first kappa shape index (κ1) is 7.97. The SMILES string of the molecule is NC(=S)c1scc(Br)c1N. The Bertz CT molecular complexity index is 269. The lowest BCUT2D eigenvalue weighted by molar-refractivity contribution is 1.73. The number of hydrogen-bond acceptors (Lipinski definition) is 3. The fourth-order valence-electron chi connectivity index (χ4n) is 0.537. The Morgan fingerprint density at radius 2 is 2.30 bits per heavy atom. The number of anilines is 1. The smallest absolute Gasteiger partial charge is 0.116 e. The highest BCUT2D eigenvalue weighted by Crippen LogP contribution is 2.29. The molecular formula is C5H5BrN2S2. The molecule has 0 unspecified atom stereocenters. The number of nitrogen functional groups attached to an aromatic ring is 1. The van der Waals surface area contributed by atoms with Crippen LogP contribution in [0.3, 0.4) is 0 Å². The molecule has 0 aliphatic heterocycles. The predicted octanol–water partition coefficient (Wildman–Crippen LogP) is 1.73. The molecule has 5 heteroatoms. The fraction of sp³-hybridized carbons (Fsp3) is 0. The number of halogens is 1. The summed E-state index contributed by atoms with van der Waals surface area (Å²) in [5.41, 5.74) is 11.6. The van der Waals surface area contributed by atoms with Crippen molar-refractivity contribution >= 4 is 50.2 Å². The molecule has 0 atom stereocenters. The topological polar surface area (TPSA) is 52.0 Å². The van der Waals surface area contributed by atoms with Crippen molar-refractivity contribution in [3.05, 3.63) is 14.7 Å². The summed E-state index contributed by atoms with van der Waals surface area (Å²) in [7, 11) is 0. The molecule has 2 nitrogen and oxygen atoms in total. The summed E-state index contributed by atoms with van der Waals surface area (Å²) in [6.07, 6.45) is 0. The van der Waals surface area contributed by atoms with E-state index in [1.807, 2.05) is 5.38 Å². The van der Waals surface area contributed by atoms with Crippen LogP contribution >= 0.6 is 39.5 Å². The van der Waals surface area contributed by atoms with Gasteiger partial charge in [-0.05, 0) is 15.9 Å². The summed E-state index contributed by atoms with van der Waals surface area (Å²) in [4.78, 5) is 1.13. The molecule has 0 aliphatic carbocycles. The van der Waals surface area contributed by atoms with Gasteiger partial charge in [-0.2, -0.15) is 0 Å². The second-order valence-corrected chi connectivity index (χ2v) is 3.86. The van der Waals surface area contributed by atoms with Crippen LogP contribution in [0.5, 0.6) is 0 Å². The van der Waals surface area contributed by atoms with Crippen LogP contribution in [0.1, 0.15) is 4.88 Å². The van der Waals surface area contributed by atoms with E-state index in [4.69, 9.17) is 23.7 Å². The fourth-order valence-corrected chi connectivity index (χ4v) is 2.10. The van der Waals surface area contributed by atoms with Gasteiger partial charge in [0.15, 0.2) is 0 Å². The first-order valence-electron chi connectivity index (χ1n) is 2.45. The van der Waals surface area contributed by atoms with Crippen molar-refractivity contribution in [2.24, 2.45) is 5.73 Å². The lowest BCUT2D eigenvalue weighted by Gasteiger charge is -1.93. The molecule has 1 rings (SSSR count). The minimum atomic E-state index is 0.355. The number of hydrogen-bond donors (Lipinski definition) is 2. The third-order valence-corrected chi connectivity index (χ3v) is 3.33. The minimum Gasteiger partial charge on any atom is -0.397 e. The second-order valence-electron chi connectivity index (χ2n) is 1.69. The van der Waals surface area contributed by atoms with Gasteiger partial charge in [-0.25, -0.2) is 0 Å². The van der Waals surface area contributed by atoms with Gasteiger partial charge in [-0.15, -0.1) is 11.3 Å². The zero-order valence-electron chi connectivity index (χ0n) is 4.93. The zero-order valence-corrected chi connectivity index (χ0v) is 8.15. The van der Waals surface area contributed by atoms with E-state index >= 15 is 0 Å². The van der Waals surface area contributed by atoms with E-state index in [9.17, 15) is 0 Å². The summed E-state index contributed by atoms with van der Waals surface area (Å²) >= 11 is 9.45. The summed E-state index contributed by atoms with van der Waals surface area (Å²) < 4.78 is 0.861. The average molecular weight is 237 g/mol. The van der Waals surface area contributed by atoms with Crippen molar-refractivity contribution in [1.29, 1.82) is 0 Å². The van der Waals surface area contributed by atoms with E-state index in [0.717, 1.165) is 9.35 Å². The lowest BCUT2D eigenvalue weighted by atomic mass is 10.4. The van der Waals surface area contributed by atoms with Crippen molar-refractivity contribution in [2.75, 3.05) is 5.73 Å². The summed E-state index contributed by atoms with van der Waals surface area (Å²) in [5, 5.41) is 1.86. The molecule has 1 aromatic heterocycles. The summed E-state index contributed by atoms with van der Waals surface area (Å²) in [6, 6.07) is 0. The summed E-state index contributed by atoms with van der Waals surface area (Å²) in [6.45, 7) is 0. The van der Waals surface area contributed by atoms with E-state index in [-0.39, 0.29) is 0 Å². The minimum absolute atomic E-state index is 0.355. The first-order valence-corrected chi connectivity index (χ1v) is 4.53. The monoisotopic (exact) mass is 236 g/mol. The Morgan fingerprint density at radius 1 is 1.70 bits per heavy atom. The zero-order chi connectivity index (χ0) is 7.72. The Labute approximate surface area is 76.3 Å². The van der Waals surface area contributed by atoms with Crippen molar-refractivity contribution in [2.45, 2.75) is 0 Å². The van der Waals surface area contributed by atoms with Crippen molar-refractivity contribution in [3.63, 3.8) is 0 Å². The van der Waals surface area contributed by atoms with E-state index in [1.54, 1.807) is 0 Å². The molecule has 4 N–H and O–H groups in total. The molecule has 0 spiro atoms. The molecule has 10 heavy (non-hydrogen) atoms. The van der Waals surface area contributed by atoms with Crippen LogP contribution in [-0.2, 0) is 0 Å². The van der Waals surface area contributed by atoms with Gasteiger partial charge in [-0.3, -0.25) is 0 Å². The van der Waals surface area contributed by atoms with Crippen LogP contribution in [0, 0.1) is 0 Å². The molecule has 1 heterocycles. The molecule has 0 bridgehead atoms. The molecule has 0 aliphatic rings. The van der Waals surface area contributed by atoms with Crippen LogP contribution in [0.15, 0.2) is 9.85 Å². The largest absolute Gasteiger partial charge is 0.397 e. The Morgan fingerprint density at radius 3 is 2.50 bits per heavy atom. The third kappa shape index (κ3) is 1.31. The van der Waals surface area contributed by atoms with Gasteiger partial charge in [-0.1, -0.05) is 12.2 Å². The molecule has 1 aromatic rings. The van der Waals surface area contributed by atoms with Crippen LogP contribution in [-0.4, -0.2) is 4.99 Å². The highest BCUT2D eigenvalue weighted by molar-refractivity contribution is 9.10. The molecule has 0 amide bonds. The van der Waals surface area contributed by atoms with E-state index in [1.165, 1.54) is 11.3 Å². The normalized spacial score (nSPS) is 9.70. The summed E-state index contributed by atoms with van der Waals surface area (Å²) in [5.74, 6) is 0. The van der Waals surface area contributed by atoms with Gasteiger partial charge in [0.05, 0.1) is 15.0 Å². The standard InChI is InChI=1S/C5H5BrN2S2/c6-2-1-10-4(3(2)7)5(8)9/h1H,7H2,(H2,8,9). The maximum atomic E-state index is 5.60. The second kappa shape index (κ2) is 2.86. The van der Waals surface area contributed by atoms with Gasteiger partial charge in [0.25, 0.3) is 0 Å². The molecule has 0 fully saturated rings. The Balaban J connectivity index is 3.17. The Kier molecular flexibility index (Phi) is 2.28. The van der Waals surface area contributed by atoms with Gasteiger partial charge >= 0.3 is 0 Å². The van der Waals surface area contributed by atoms with E-state index in [0.29, 0.717) is 10.7 Å². The van der Waals surface area contributed by atoms with Crippen LogP contribution in [0.25, 0.3) is 0 Å². The van der Waals surface area contributed by atoms with Crippen molar-refractivity contribution in [1.82, 2.24) is 0 Å². The molecule has 54 valence electrons. The number of thiophene rings is 1. The molecule has 0 saturated carbocycles. The quantitative estimate of drug-likeness (QED) is 0.731. The van der Waals surface area contributed by atoms with Crippen molar-refractivity contribution < 1.29 is 0 Å². The highest BCUT2D eigenvalue weighted by atomic mass is 79.9.